The smallest absolute Gasteiger partial charge is 0.251 e. The Bertz CT molecular complexity index is 699. The lowest BCUT2D eigenvalue weighted by Gasteiger charge is -2.20. The second kappa shape index (κ2) is 7.33. The Morgan fingerprint density at radius 1 is 1.13 bits per heavy atom. The van der Waals surface area contributed by atoms with Gasteiger partial charge in [-0.1, -0.05) is 6.07 Å². The predicted octanol–water partition coefficient (Wildman–Crippen LogP) is 4.15. The molecule has 0 heterocycles. The number of nitrogen functional groups attached to an aromatic ring is 1. The average molecular weight is 339 g/mol. The second-order valence-corrected chi connectivity index (χ2v) is 6.02. The van der Waals surface area contributed by atoms with Crippen LogP contribution in [0.2, 0.25) is 0 Å². The first-order valence-electron chi connectivity index (χ1n) is 6.90. The van der Waals surface area contributed by atoms with Crippen LogP contribution >= 0.6 is 12.4 Å². The number of ether oxygens (including phenoxy) is 1. The summed E-state index contributed by atoms with van der Waals surface area (Å²) in [5.74, 6) is 0.0337. The molecular formula is C17H20ClFN2O2. The van der Waals surface area contributed by atoms with Gasteiger partial charge in [-0.05, 0) is 51.1 Å². The highest BCUT2D eigenvalue weighted by atomic mass is 35.5. The molecule has 2 aromatic rings. The molecule has 0 aliphatic rings. The van der Waals surface area contributed by atoms with Crippen molar-refractivity contribution in [1.82, 2.24) is 5.32 Å². The number of amides is 1. The van der Waals surface area contributed by atoms with Gasteiger partial charge in [0.05, 0.1) is 5.69 Å². The van der Waals surface area contributed by atoms with E-state index in [2.05, 4.69) is 5.32 Å². The molecule has 0 fully saturated rings. The van der Waals surface area contributed by atoms with Crippen molar-refractivity contribution in [2.45, 2.75) is 26.3 Å². The summed E-state index contributed by atoms with van der Waals surface area (Å²) in [6.45, 7) is 5.72. The van der Waals surface area contributed by atoms with Crippen LogP contribution in [0, 0.1) is 5.82 Å². The summed E-state index contributed by atoms with van der Waals surface area (Å²) >= 11 is 0. The molecule has 2 aromatic carbocycles. The Labute approximate surface area is 141 Å². The molecule has 0 saturated carbocycles. The molecular weight excluding hydrogens is 319 g/mol. The summed E-state index contributed by atoms with van der Waals surface area (Å²) in [5, 5.41) is 2.87. The topological polar surface area (TPSA) is 64.3 Å². The zero-order valence-electron chi connectivity index (χ0n) is 13.2. The molecule has 0 aliphatic heterocycles. The lowest BCUT2D eigenvalue weighted by molar-refractivity contribution is 0.0919. The molecule has 1 amide bonds. The molecule has 6 heteroatoms. The molecule has 4 nitrogen and oxygen atoms in total. The van der Waals surface area contributed by atoms with Crippen LogP contribution in [-0.4, -0.2) is 11.4 Å². The van der Waals surface area contributed by atoms with Crippen molar-refractivity contribution in [3.05, 3.63) is 53.8 Å². The van der Waals surface area contributed by atoms with Gasteiger partial charge in [0.1, 0.15) is 17.3 Å². The number of anilines is 1. The minimum Gasteiger partial charge on any atom is -0.457 e. The summed E-state index contributed by atoms with van der Waals surface area (Å²) < 4.78 is 19.0. The number of nitrogens with one attached hydrogen (secondary N) is 1. The first-order chi connectivity index (χ1) is 10.2. The summed E-state index contributed by atoms with van der Waals surface area (Å²) in [5.41, 5.74) is 5.63. The third-order valence-electron chi connectivity index (χ3n) is 2.79. The Balaban J connectivity index is 0.00000264. The summed E-state index contributed by atoms with van der Waals surface area (Å²) in [4.78, 5) is 12.1. The molecule has 0 aromatic heterocycles. The van der Waals surface area contributed by atoms with Gasteiger partial charge in [0, 0.05) is 17.2 Å². The number of hydrogen-bond acceptors (Lipinski definition) is 3. The van der Waals surface area contributed by atoms with Gasteiger partial charge in [0.2, 0.25) is 0 Å². The normalized spacial score (nSPS) is 10.6. The van der Waals surface area contributed by atoms with E-state index in [4.69, 9.17) is 10.5 Å². The number of rotatable bonds is 3. The van der Waals surface area contributed by atoms with Crippen molar-refractivity contribution in [2.75, 3.05) is 5.73 Å². The highest BCUT2D eigenvalue weighted by Crippen LogP contribution is 2.25. The standard InChI is InChI=1S/C17H19FN2O2.ClH/c1-17(2,3)20-16(21)11-5-4-6-12(9-11)22-13-7-8-15(19)14(18)10-13;/h4-10H,19H2,1-3H3,(H,20,21);1H. The minimum absolute atomic E-state index is 0. The van der Waals surface area contributed by atoms with E-state index in [1.807, 2.05) is 20.8 Å². The van der Waals surface area contributed by atoms with Gasteiger partial charge < -0.3 is 15.8 Å². The van der Waals surface area contributed by atoms with Gasteiger partial charge in [-0.3, -0.25) is 4.79 Å². The van der Waals surface area contributed by atoms with Gasteiger partial charge in [-0.15, -0.1) is 12.4 Å². The molecule has 3 N–H and O–H groups in total. The lowest BCUT2D eigenvalue weighted by atomic mass is 10.1. The Hall–Kier alpha value is -2.27. The molecule has 0 atom stereocenters. The number of benzene rings is 2. The van der Waals surface area contributed by atoms with E-state index in [0.717, 1.165) is 0 Å². The van der Waals surface area contributed by atoms with Gasteiger partial charge in [-0.25, -0.2) is 4.39 Å². The average Bonchev–Trinajstić information content (AvgIpc) is 2.41. The van der Waals surface area contributed by atoms with Crippen molar-refractivity contribution in [2.24, 2.45) is 0 Å². The van der Waals surface area contributed by atoms with Crippen LogP contribution in [0.25, 0.3) is 0 Å². The van der Waals surface area contributed by atoms with Gasteiger partial charge in [-0.2, -0.15) is 0 Å². The highest BCUT2D eigenvalue weighted by molar-refractivity contribution is 5.95. The molecule has 0 radical (unpaired) electrons. The number of carbonyl (C=O) groups excluding carboxylic acids is 1. The monoisotopic (exact) mass is 338 g/mol. The first kappa shape index (κ1) is 18.8. The molecule has 0 aliphatic carbocycles. The number of carbonyl (C=O) groups is 1. The van der Waals surface area contributed by atoms with E-state index < -0.39 is 5.82 Å². The Morgan fingerprint density at radius 3 is 2.39 bits per heavy atom. The van der Waals surface area contributed by atoms with Crippen LogP contribution in [0.5, 0.6) is 11.5 Å². The zero-order chi connectivity index (χ0) is 16.3. The van der Waals surface area contributed by atoms with Crippen molar-refractivity contribution >= 4 is 24.0 Å². The Kier molecular flexibility index (Phi) is 5.98. The molecule has 2 rings (SSSR count). The van der Waals surface area contributed by atoms with Crippen LogP contribution in [0.4, 0.5) is 10.1 Å². The maximum Gasteiger partial charge on any atom is 0.251 e. The molecule has 0 spiro atoms. The maximum atomic E-state index is 13.4. The van der Waals surface area contributed by atoms with E-state index in [1.54, 1.807) is 30.3 Å². The molecule has 0 bridgehead atoms. The largest absolute Gasteiger partial charge is 0.457 e. The third-order valence-corrected chi connectivity index (χ3v) is 2.79. The van der Waals surface area contributed by atoms with E-state index in [9.17, 15) is 9.18 Å². The summed E-state index contributed by atoms with van der Waals surface area (Å²) in [7, 11) is 0. The van der Waals surface area contributed by atoms with Crippen LogP contribution in [0.15, 0.2) is 42.5 Å². The number of halogens is 2. The highest BCUT2D eigenvalue weighted by Gasteiger charge is 2.15. The fraction of sp³-hybridized carbons (Fsp3) is 0.235. The quantitative estimate of drug-likeness (QED) is 0.826. The molecule has 0 unspecified atom stereocenters. The van der Waals surface area contributed by atoms with Crippen molar-refractivity contribution < 1.29 is 13.9 Å². The van der Waals surface area contributed by atoms with E-state index in [1.165, 1.54) is 12.1 Å². The first-order valence-corrected chi connectivity index (χ1v) is 6.90. The zero-order valence-corrected chi connectivity index (χ0v) is 14.0. The van der Waals surface area contributed by atoms with Crippen LogP contribution in [0.1, 0.15) is 31.1 Å². The second-order valence-electron chi connectivity index (χ2n) is 6.02. The Morgan fingerprint density at radius 2 is 1.78 bits per heavy atom. The van der Waals surface area contributed by atoms with Crippen LogP contribution < -0.4 is 15.8 Å². The fourth-order valence-corrected chi connectivity index (χ4v) is 1.82. The SMILES string of the molecule is CC(C)(C)NC(=O)c1cccc(Oc2ccc(N)c(F)c2)c1.Cl. The van der Waals surface area contributed by atoms with Crippen LogP contribution in [-0.2, 0) is 0 Å². The van der Waals surface area contributed by atoms with Crippen molar-refractivity contribution in [3.8, 4) is 11.5 Å². The molecule has 124 valence electrons. The number of nitrogens with two attached hydrogens (primary N) is 1. The van der Waals surface area contributed by atoms with Crippen LogP contribution in [0.3, 0.4) is 0 Å². The predicted molar refractivity (Wildman–Crippen MR) is 91.8 cm³/mol. The summed E-state index contributed by atoms with van der Waals surface area (Å²) in [6.07, 6.45) is 0. The van der Waals surface area contributed by atoms with Crippen molar-refractivity contribution in [1.29, 1.82) is 0 Å². The number of hydrogen-bond donors (Lipinski definition) is 2. The molecule has 0 saturated heterocycles. The van der Waals surface area contributed by atoms with E-state index in [-0.39, 0.29) is 29.5 Å². The summed E-state index contributed by atoms with van der Waals surface area (Å²) in [6, 6.07) is 10.9. The molecule has 23 heavy (non-hydrogen) atoms. The minimum atomic E-state index is -0.542. The third kappa shape index (κ3) is 5.45. The van der Waals surface area contributed by atoms with Gasteiger partial charge in [0.25, 0.3) is 5.91 Å². The van der Waals surface area contributed by atoms with E-state index in [0.29, 0.717) is 17.1 Å². The van der Waals surface area contributed by atoms with Gasteiger partial charge in [0.15, 0.2) is 0 Å². The van der Waals surface area contributed by atoms with Crippen molar-refractivity contribution in [3.63, 3.8) is 0 Å². The fourth-order valence-electron chi connectivity index (χ4n) is 1.82. The van der Waals surface area contributed by atoms with E-state index >= 15 is 0 Å². The lowest BCUT2D eigenvalue weighted by Crippen LogP contribution is -2.40. The maximum absolute atomic E-state index is 13.4. The van der Waals surface area contributed by atoms with Gasteiger partial charge >= 0.3 is 0 Å².